The fraction of sp³-hybridized carbons (Fsp3) is 0.455. The fourth-order valence-corrected chi connectivity index (χ4v) is 1.81. The summed E-state index contributed by atoms with van der Waals surface area (Å²) in [6.45, 7) is -0.371. The van der Waals surface area contributed by atoms with E-state index in [0.29, 0.717) is 0 Å². The smallest absolute Gasteiger partial charge is 0.109 e. The van der Waals surface area contributed by atoms with E-state index in [1.54, 1.807) is 7.11 Å². The molecule has 0 aliphatic heterocycles. The van der Waals surface area contributed by atoms with Crippen LogP contribution in [0.3, 0.4) is 0 Å². The van der Waals surface area contributed by atoms with Crippen molar-refractivity contribution in [1.82, 2.24) is 4.90 Å². The third-order valence-electron chi connectivity index (χ3n) is 2.21. The molecule has 0 saturated heterocycles. The molecule has 0 amide bonds. The number of halogens is 1. The first-order chi connectivity index (χ1) is 7.19. The minimum atomic E-state index is -0.371. The average Bonchev–Trinajstić information content (AvgIpc) is 2.21. The average molecular weight is 229 g/mol. The number of hydrogen-bond acceptors (Lipinski definition) is 3. The summed E-state index contributed by atoms with van der Waals surface area (Å²) in [5.41, 5.74) is 0.989. The van der Waals surface area contributed by atoms with Crippen LogP contribution in [0.4, 0.5) is 4.39 Å². The molecule has 0 N–H and O–H groups in total. The lowest BCUT2D eigenvalue weighted by atomic mass is 10.1. The topological polar surface area (TPSA) is 12.5 Å². The highest BCUT2D eigenvalue weighted by molar-refractivity contribution is 7.94. The van der Waals surface area contributed by atoms with Crippen molar-refractivity contribution in [3.8, 4) is 0 Å². The second kappa shape index (κ2) is 6.10. The minimum absolute atomic E-state index is 0.161. The van der Waals surface area contributed by atoms with Gasteiger partial charge in [0.2, 0.25) is 0 Å². The zero-order valence-corrected chi connectivity index (χ0v) is 10.1. The highest BCUT2D eigenvalue weighted by Crippen LogP contribution is 2.23. The number of benzene rings is 1. The van der Waals surface area contributed by atoms with Crippen LogP contribution < -0.4 is 0 Å². The van der Waals surface area contributed by atoms with Crippen LogP contribution in [0.1, 0.15) is 11.6 Å². The summed E-state index contributed by atoms with van der Waals surface area (Å²) in [5, 5.41) is 0. The van der Waals surface area contributed by atoms with E-state index in [2.05, 4.69) is 0 Å². The molecule has 84 valence electrons. The Kier molecular flexibility index (Phi) is 5.08. The third-order valence-corrected chi connectivity index (χ3v) is 2.85. The maximum Gasteiger partial charge on any atom is 0.109 e. The molecule has 0 heterocycles. The maximum atomic E-state index is 12.8. The number of alkyl halides is 1. The first kappa shape index (κ1) is 12.5. The van der Waals surface area contributed by atoms with E-state index in [0.717, 1.165) is 10.5 Å². The molecule has 0 aliphatic rings. The molecule has 0 radical (unpaired) electrons. The Hall–Kier alpha value is -0.580. The SMILES string of the molecule is COSc1ccc(C(CF)N(C)C)cc1. The second-order valence-corrected chi connectivity index (χ2v) is 4.42. The largest absolute Gasteiger partial charge is 0.314 e. The molecular formula is C11H16FNOS. The Bertz CT molecular complexity index is 289. The summed E-state index contributed by atoms with van der Waals surface area (Å²) < 4.78 is 17.7. The summed E-state index contributed by atoms with van der Waals surface area (Å²) in [6.07, 6.45) is 0. The second-order valence-electron chi connectivity index (χ2n) is 3.45. The van der Waals surface area contributed by atoms with Gasteiger partial charge in [-0.2, -0.15) is 0 Å². The summed E-state index contributed by atoms with van der Waals surface area (Å²) in [6, 6.07) is 7.59. The Morgan fingerprint density at radius 1 is 1.33 bits per heavy atom. The van der Waals surface area contributed by atoms with E-state index in [9.17, 15) is 4.39 Å². The predicted molar refractivity (Wildman–Crippen MR) is 61.7 cm³/mol. The molecule has 1 aromatic carbocycles. The van der Waals surface area contributed by atoms with Crippen molar-refractivity contribution < 1.29 is 8.57 Å². The van der Waals surface area contributed by atoms with Gasteiger partial charge >= 0.3 is 0 Å². The molecule has 1 unspecified atom stereocenters. The van der Waals surface area contributed by atoms with Crippen LogP contribution in [0.15, 0.2) is 29.2 Å². The van der Waals surface area contributed by atoms with Crippen LogP contribution >= 0.6 is 12.0 Å². The summed E-state index contributed by atoms with van der Waals surface area (Å²) in [7, 11) is 5.38. The Labute approximate surface area is 94.6 Å². The van der Waals surface area contributed by atoms with Crippen molar-refractivity contribution >= 4 is 12.0 Å². The van der Waals surface area contributed by atoms with Gasteiger partial charge in [-0.3, -0.25) is 0 Å². The van der Waals surface area contributed by atoms with Gasteiger partial charge in [0, 0.05) is 16.9 Å². The van der Waals surface area contributed by atoms with Gasteiger partial charge in [0.1, 0.15) is 6.67 Å². The van der Waals surface area contributed by atoms with Crippen molar-refractivity contribution in [3.63, 3.8) is 0 Å². The van der Waals surface area contributed by atoms with Crippen molar-refractivity contribution in [1.29, 1.82) is 0 Å². The Morgan fingerprint density at radius 2 is 1.93 bits per heavy atom. The van der Waals surface area contributed by atoms with Crippen molar-refractivity contribution in [2.24, 2.45) is 0 Å². The van der Waals surface area contributed by atoms with Gasteiger partial charge in [0.25, 0.3) is 0 Å². The predicted octanol–water partition coefficient (Wildman–Crippen LogP) is 2.91. The van der Waals surface area contributed by atoms with Crippen molar-refractivity contribution in [2.45, 2.75) is 10.9 Å². The van der Waals surface area contributed by atoms with Crippen LogP contribution in [0.25, 0.3) is 0 Å². The lowest BCUT2D eigenvalue weighted by Gasteiger charge is -2.21. The zero-order chi connectivity index (χ0) is 11.3. The van der Waals surface area contributed by atoms with Gasteiger partial charge in [-0.1, -0.05) is 12.1 Å². The van der Waals surface area contributed by atoms with E-state index < -0.39 is 0 Å². The van der Waals surface area contributed by atoms with Crippen LogP contribution in [0.2, 0.25) is 0 Å². The zero-order valence-electron chi connectivity index (χ0n) is 9.24. The summed E-state index contributed by atoms with van der Waals surface area (Å²) in [5.74, 6) is 0. The van der Waals surface area contributed by atoms with Crippen molar-refractivity contribution in [3.05, 3.63) is 29.8 Å². The van der Waals surface area contributed by atoms with Crippen LogP contribution in [-0.2, 0) is 4.18 Å². The van der Waals surface area contributed by atoms with Gasteiger partial charge in [0.15, 0.2) is 0 Å². The minimum Gasteiger partial charge on any atom is -0.314 e. The van der Waals surface area contributed by atoms with Gasteiger partial charge in [0.05, 0.1) is 13.2 Å². The molecule has 0 aromatic heterocycles. The molecule has 1 aromatic rings. The third kappa shape index (κ3) is 3.48. The van der Waals surface area contributed by atoms with E-state index in [1.165, 1.54) is 12.0 Å². The van der Waals surface area contributed by atoms with E-state index >= 15 is 0 Å². The lowest BCUT2D eigenvalue weighted by Crippen LogP contribution is -2.21. The monoisotopic (exact) mass is 229 g/mol. The molecule has 0 fully saturated rings. The molecule has 0 saturated carbocycles. The first-order valence-electron chi connectivity index (χ1n) is 4.72. The molecule has 15 heavy (non-hydrogen) atoms. The molecule has 4 heteroatoms. The Morgan fingerprint density at radius 3 is 2.33 bits per heavy atom. The van der Waals surface area contributed by atoms with Gasteiger partial charge in [-0.05, 0) is 31.8 Å². The fourth-order valence-electron chi connectivity index (χ4n) is 1.37. The quantitative estimate of drug-likeness (QED) is 0.720. The van der Waals surface area contributed by atoms with Crippen LogP contribution in [0, 0.1) is 0 Å². The van der Waals surface area contributed by atoms with Gasteiger partial charge in [-0.25, -0.2) is 4.39 Å². The molecule has 0 bridgehead atoms. The number of rotatable bonds is 5. The van der Waals surface area contributed by atoms with Gasteiger partial charge in [-0.15, -0.1) is 0 Å². The lowest BCUT2D eigenvalue weighted by molar-refractivity contribution is 0.242. The molecule has 0 spiro atoms. The van der Waals surface area contributed by atoms with Crippen LogP contribution in [0.5, 0.6) is 0 Å². The summed E-state index contributed by atoms with van der Waals surface area (Å²) >= 11 is 1.30. The Balaban J connectivity index is 2.77. The molecular weight excluding hydrogens is 213 g/mol. The normalized spacial score (nSPS) is 13.1. The van der Waals surface area contributed by atoms with E-state index in [-0.39, 0.29) is 12.7 Å². The van der Waals surface area contributed by atoms with Crippen molar-refractivity contribution in [2.75, 3.05) is 27.9 Å². The first-order valence-corrected chi connectivity index (χ1v) is 5.46. The standard InChI is InChI=1S/C11H16FNOS/c1-13(2)11(8-12)9-4-6-10(7-5-9)15-14-3/h4-7,11H,8H2,1-3H3. The maximum absolute atomic E-state index is 12.8. The highest BCUT2D eigenvalue weighted by atomic mass is 32.2. The number of hydrogen-bond donors (Lipinski definition) is 0. The molecule has 1 rings (SSSR count). The molecule has 2 nitrogen and oxygen atoms in total. The molecule has 0 aliphatic carbocycles. The van der Waals surface area contributed by atoms with E-state index in [1.807, 2.05) is 43.3 Å². The van der Waals surface area contributed by atoms with Crippen LogP contribution in [-0.4, -0.2) is 32.8 Å². The van der Waals surface area contributed by atoms with Gasteiger partial charge < -0.3 is 9.08 Å². The highest BCUT2D eigenvalue weighted by Gasteiger charge is 2.13. The van der Waals surface area contributed by atoms with E-state index in [4.69, 9.17) is 4.18 Å². The number of nitrogens with zero attached hydrogens (tertiary/aromatic N) is 1. The molecule has 1 atom stereocenters. The summed E-state index contributed by atoms with van der Waals surface area (Å²) in [4.78, 5) is 2.90.